The van der Waals surface area contributed by atoms with Gasteiger partial charge in [-0.15, -0.1) is 11.3 Å². The third-order valence-electron chi connectivity index (χ3n) is 2.84. The van der Waals surface area contributed by atoms with Crippen molar-refractivity contribution in [2.24, 2.45) is 5.41 Å². The van der Waals surface area contributed by atoms with Gasteiger partial charge in [-0.2, -0.15) is 0 Å². The Morgan fingerprint density at radius 1 is 1.37 bits per heavy atom. The van der Waals surface area contributed by atoms with Crippen LogP contribution in [-0.2, 0) is 4.79 Å². The number of ketones is 1. The fourth-order valence-electron chi connectivity index (χ4n) is 1.32. The monoisotopic (exact) mass is 283 g/mol. The molecule has 0 aliphatic rings. The van der Waals surface area contributed by atoms with E-state index in [-0.39, 0.29) is 18.2 Å². The van der Waals surface area contributed by atoms with Crippen LogP contribution in [0.1, 0.15) is 47.2 Å². The van der Waals surface area contributed by atoms with Crippen molar-refractivity contribution in [3.05, 3.63) is 21.9 Å². The van der Waals surface area contributed by atoms with Crippen LogP contribution in [0.4, 0.5) is 0 Å². The smallest absolute Gasteiger partial charge is 0.309 e. The van der Waals surface area contributed by atoms with Crippen LogP contribution in [0.3, 0.4) is 0 Å². The van der Waals surface area contributed by atoms with Gasteiger partial charge in [0.1, 0.15) is 0 Å². The highest BCUT2D eigenvalue weighted by molar-refractivity contribution is 7.12. The van der Waals surface area contributed by atoms with Crippen molar-refractivity contribution in [2.75, 3.05) is 6.54 Å². The Kier molecular flexibility index (Phi) is 4.83. The van der Waals surface area contributed by atoms with Crippen LogP contribution < -0.4 is 5.32 Å². The molecule has 1 aromatic rings. The van der Waals surface area contributed by atoms with Gasteiger partial charge < -0.3 is 10.4 Å². The standard InChI is InChI=1S/C13H17NO4S/c1-8(15)9-6-10(19-7-9)11(16)14-5-4-13(2,3)12(17)18/h6-7H,4-5H2,1-3H3,(H,14,16)(H,17,18). The molecule has 0 radical (unpaired) electrons. The molecule has 104 valence electrons. The summed E-state index contributed by atoms with van der Waals surface area (Å²) in [4.78, 5) is 34.2. The van der Waals surface area contributed by atoms with Crippen molar-refractivity contribution in [2.45, 2.75) is 27.2 Å². The minimum atomic E-state index is -0.892. The first kappa shape index (κ1) is 15.4. The average molecular weight is 283 g/mol. The molecule has 0 saturated heterocycles. The van der Waals surface area contributed by atoms with Crippen molar-refractivity contribution in [1.82, 2.24) is 5.32 Å². The van der Waals surface area contributed by atoms with Gasteiger partial charge >= 0.3 is 5.97 Å². The second kappa shape index (κ2) is 5.97. The van der Waals surface area contributed by atoms with Crippen LogP contribution in [0.2, 0.25) is 0 Å². The molecule has 1 amide bonds. The van der Waals surface area contributed by atoms with Gasteiger partial charge in [0, 0.05) is 17.5 Å². The molecule has 1 aromatic heterocycles. The van der Waals surface area contributed by atoms with Crippen molar-refractivity contribution < 1.29 is 19.5 Å². The Balaban J connectivity index is 2.52. The molecular weight excluding hydrogens is 266 g/mol. The number of thiophene rings is 1. The third-order valence-corrected chi connectivity index (χ3v) is 3.77. The summed E-state index contributed by atoms with van der Waals surface area (Å²) in [6.45, 7) is 4.95. The Morgan fingerprint density at radius 3 is 2.47 bits per heavy atom. The van der Waals surface area contributed by atoms with E-state index in [4.69, 9.17) is 5.11 Å². The van der Waals surface area contributed by atoms with Crippen LogP contribution in [0.5, 0.6) is 0 Å². The third kappa shape index (κ3) is 4.17. The molecule has 0 spiro atoms. The summed E-state index contributed by atoms with van der Waals surface area (Å²) in [6, 6.07) is 1.55. The van der Waals surface area contributed by atoms with Crippen molar-refractivity contribution in [3.63, 3.8) is 0 Å². The number of amides is 1. The van der Waals surface area contributed by atoms with E-state index in [1.807, 2.05) is 0 Å². The summed E-state index contributed by atoms with van der Waals surface area (Å²) in [5.74, 6) is -1.25. The molecule has 2 N–H and O–H groups in total. The maximum atomic E-state index is 11.8. The number of carboxylic acid groups (broad SMARTS) is 1. The minimum absolute atomic E-state index is 0.0812. The lowest BCUT2D eigenvalue weighted by Gasteiger charge is -2.18. The van der Waals surface area contributed by atoms with Crippen LogP contribution in [0, 0.1) is 5.41 Å². The summed E-state index contributed by atoms with van der Waals surface area (Å²) in [6.07, 6.45) is 0.346. The van der Waals surface area contributed by atoms with Crippen LogP contribution in [-0.4, -0.2) is 29.3 Å². The predicted octanol–water partition coefficient (Wildman–Crippen LogP) is 2.18. The van der Waals surface area contributed by atoms with E-state index in [0.29, 0.717) is 16.9 Å². The topological polar surface area (TPSA) is 83.5 Å². The lowest BCUT2D eigenvalue weighted by atomic mass is 9.90. The molecule has 5 nitrogen and oxygen atoms in total. The molecule has 0 atom stereocenters. The van der Waals surface area contributed by atoms with E-state index in [2.05, 4.69) is 5.32 Å². The molecule has 0 saturated carbocycles. The van der Waals surface area contributed by atoms with Gasteiger partial charge in [0.2, 0.25) is 0 Å². The summed E-state index contributed by atoms with van der Waals surface area (Å²) >= 11 is 1.20. The summed E-state index contributed by atoms with van der Waals surface area (Å²) < 4.78 is 0. The SMILES string of the molecule is CC(=O)c1csc(C(=O)NCCC(C)(C)C(=O)O)c1. The Labute approximate surface area is 115 Å². The van der Waals surface area contributed by atoms with Gasteiger partial charge in [-0.1, -0.05) is 0 Å². The quantitative estimate of drug-likeness (QED) is 0.784. The van der Waals surface area contributed by atoms with Crippen LogP contribution in [0.25, 0.3) is 0 Å². The molecule has 1 rings (SSSR count). The highest BCUT2D eigenvalue weighted by Crippen LogP contribution is 2.20. The zero-order valence-electron chi connectivity index (χ0n) is 11.1. The van der Waals surface area contributed by atoms with Crippen LogP contribution >= 0.6 is 11.3 Å². The molecular formula is C13H17NO4S. The van der Waals surface area contributed by atoms with E-state index in [9.17, 15) is 14.4 Å². The molecule has 1 heterocycles. The highest BCUT2D eigenvalue weighted by atomic mass is 32.1. The Bertz CT molecular complexity index is 504. The maximum absolute atomic E-state index is 11.8. The van der Waals surface area contributed by atoms with Gasteiger partial charge in [0.05, 0.1) is 10.3 Å². The van der Waals surface area contributed by atoms with Crippen molar-refractivity contribution >= 4 is 29.0 Å². The second-order valence-electron chi connectivity index (χ2n) is 4.95. The first-order chi connectivity index (χ1) is 8.74. The summed E-state index contributed by atoms with van der Waals surface area (Å²) in [5, 5.41) is 13.2. The van der Waals surface area contributed by atoms with E-state index >= 15 is 0 Å². The van der Waals surface area contributed by atoms with E-state index in [0.717, 1.165) is 0 Å². The molecule has 0 unspecified atom stereocenters. The first-order valence-electron chi connectivity index (χ1n) is 5.85. The van der Waals surface area contributed by atoms with Crippen molar-refractivity contribution in [1.29, 1.82) is 0 Å². The van der Waals surface area contributed by atoms with Crippen molar-refractivity contribution in [3.8, 4) is 0 Å². The number of hydrogen-bond donors (Lipinski definition) is 2. The average Bonchev–Trinajstić information content (AvgIpc) is 2.77. The van der Waals surface area contributed by atoms with E-state index in [1.54, 1.807) is 25.3 Å². The summed E-state index contributed by atoms with van der Waals surface area (Å²) in [5.41, 5.74) is -0.353. The summed E-state index contributed by atoms with van der Waals surface area (Å²) in [7, 11) is 0. The number of aliphatic carboxylic acids is 1. The zero-order valence-corrected chi connectivity index (χ0v) is 12.0. The lowest BCUT2D eigenvalue weighted by molar-refractivity contribution is -0.147. The number of rotatable bonds is 6. The van der Waals surface area contributed by atoms with Gasteiger partial charge in [-0.25, -0.2) is 0 Å². The number of carboxylic acids is 1. The fourth-order valence-corrected chi connectivity index (χ4v) is 2.18. The van der Waals surface area contributed by atoms with Crippen LogP contribution in [0.15, 0.2) is 11.4 Å². The normalized spacial score (nSPS) is 11.1. The molecule has 0 bridgehead atoms. The number of carbonyl (C=O) groups excluding carboxylic acids is 2. The Hall–Kier alpha value is -1.69. The number of carbonyl (C=O) groups is 3. The lowest BCUT2D eigenvalue weighted by Crippen LogP contribution is -2.31. The molecule has 6 heteroatoms. The number of nitrogens with one attached hydrogen (secondary N) is 1. The van der Waals surface area contributed by atoms with Gasteiger partial charge in [-0.3, -0.25) is 14.4 Å². The predicted molar refractivity (Wildman–Crippen MR) is 72.7 cm³/mol. The van der Waals surface area contributed by atoms with Gasteiger partial charge in [0.25, 0.3) is 5.91 Å². The maximum Gasteiger partial charge on any atom is 0.309 e. The fraction of sp³-hybridized carbons (Fsp3) is 0.462. The minimum Gasteiger partial charge on any atom is -0.481 e. The second-order valence-corrected chi connectivity index (χ2v) is 5.86. The van der Waals surface area contributed by atoms with E-state index < -0.39 is 11.4 Å². The van der Waals surface area contributed by atoms with Gasteiger partial charge in [-0.05, 0) is 33.3 Å². The molecule has 0 aliphatic heterocycles. The highest BCUT2D eigenvalue weighted by Gasteiger charge is 2.26. The zero-order chi connectivity index (χ0) is 14.6. The van der Waals surface area contributed by atoms with Gasteiger partial charge in [0.15, 0.2) is 5.78 Å². The Morgan fingerprint density at radius 2 is 2.00 bits per heavy atom. The molecule has 19 heavy (non-hydrogen) atoms. The molecule has 0 aliphatic carbocycles. The molecule has 0 fully saturated rings. The number of hydrogen-bond acceptors (Lipinski definition) is 4. The largest absolute Gasteiger partial charge is 0.481 e. The molecule has 0 aromatic carbocycles. The first-order valence-corrected chi connectivity index (χ1v) is 6.73. The number of Topliss-reactive ketones (excluding diaryl/α,β-unsaturated/α-hetero) is 1. The van der Waals surface area contributed by atoms with E-state index in [1.165, 1.54) is 18.3 Å².